The van der Waals surface area contributed by atoms with Crippen molar-refractivity contribution in [2.75, 3.05) is 25.1 Å². The number of aliphatic hydroxyl groups excluding tert-OH is 1. The topological polar surface area (TPSA) is 49.2 Å². The van der Waals surface area contributed by atoms with Gasteiger partial charge in [0.1, 0.15) is 0 Å². The zero-order valence-electron chi connectivity index (χ0n) is 17.1. The number of likely N-dealkylation sites (N-methyl/N-ethyl adjacent to an activating group) is 1. The van der Waals surface area contributed by atoms with E-state index < -0.39 is 0 Å². The molecule has 1 aliphatic rings. The zero-order valence-corrected chi connectivity index (χ0v) is 17.1. The Balaban J connectivity index is 0.00000117. The van der Waals surface area contributed by atoms with Gasteiger partial charge in [0.15, 0.2) is 0 Å². The minimum Gasteiger partial charge on any atom is -0.400 e. The first-order valence-electron chi connectivity index (χ1n) is 9.28. The van der Waals surface area contributed by atoms with Crippen LogP contribution < -0.4 is 4.90 Å². The Bertz CT molecular complexity index is 809. The van der Waals surface area contributed by atoms with Crippen LogP contribution in [-0.4, -0.2) is 35.3 Å². The van der Waals surface area contributed by atoms with Crippen LogP contribution in [0.4, 0.5) is 5.69 Å². The number of pyridine rings is 2. The van der Waals surface area contributed by atoms with Crippen LogP contribution >= 0.6 is 0 Å². The predicted molar refractivity (Wildman–Crippen MR) is 111 cm³/mol. The van der Waals surface area contributed by atoms with Crippen molar-refractivity contribution < 1.29 is 5.11 Å². The first-order valence-corrected chi connectivity index (χ1v) is 9.28. The number of hydrogen-bond donors (Lipinski definition) is 1. The molecule has 0 spiro atoms. The molecular formula is C22H31N3O. The van der Waals surface area contributed by atoms with Crippen molar-refractivity contribution >= 4 is 11.3 Å². The molecule has 0 saturated heterocycles. The second kappa shape index (κ2) is 8.45. The highest BCUT2D eigenvalue weighted by Gasteiger charge is 2.20. The molecular weight excluding hydrogens is 322 g/mol. The first kappa shape index (κ1) is 20.1. The van der Waals surface area contributed by atoms with Gasteiger partial charge in [0, 0.05) is 37.2 Å². The average Bonchev–Trinajstić information content (AvgIpc) is 2.63. The largest absolute Gasteiger partial charge is 0.400 e. The smallest absolute Gasteiger partial charge is 0.0897 e. The fourth-order valence-corrected chi connectivity index (χ4v) is 3.30. The Morgan fingerprint density at radius 1 is 1.08 bits per heavy atom. The Hall–Kier alpha value is -2.20. The monoisotopic (exact) mass is 353 g/mol. The number of nitrogens with zero attached hydrogens (tertiary/aromatic N) is 3. The van der Waals surface area contributed by atoms with Gasteiger partial charge in [-0.1, -0.05) is 19.9 Å². The van der Waals surface area contributed by atoms with Crippen LogP contribution in [-0.2, 0) is 0 Å². The Morgan fingerprint density at radius 3 is 2.35 bits per heavy atom. The number of aromatic nitrogens is 2. The Morgan fingerprint density at radius 2 is 1.77 bits per heavy atom. The van der Waals surface area contributed by atoms with Gasteiger partial charge in [-0.05, 0) is 62.9 Å². The lowest BCUT2D eigenvalue weighted by Crippen LogP contribution is -2.27. The van der Waals surface area contributed by atoms with E-state index in [0.717, 1.165) is 48.5 Å². The highest BCUT2D eigenvalue weighted by molar-refractivity contribution is 5.80. The quantitative estimate of drug-likeness (QED) is 0.866. The van der Waals surface area contributed by atoms with E-state index in [1.807, 2.05) is 0 Å². The third-order valence-corrected chi connectivity index (χ3v) is 4.86. The van der Waals surface area contributed by atoms with E-state index in [0.29, 0.717) is 5.92 Å². The lowest BCUT2D eigenvalue weighted by atomic mass is 9.99. The summed E-state index contributed by atoms with van der Waals surface area (Å²) >= 11 is 0. The number of aliphatic hydroxyl groups is 1. The second-order valence-electron chi connectivity index (χ2n) is 6.97. The number of hydrogen-bond acceptors (Lipinski definition) is 4. The number of allylic oxidation sites excluding steroid dienone is 1. The van der Waals surface area contributed by atoms with E-state index in [1.54, 1.807) is 0 Å². The molecule has 0 fully saturated rings. The molecule has 2 aromatic rings. The van der Waals surface area contributed by atoms with Crippen LogP contribution in [0, 0.1) is 13.8 Å². The van der Waals surface area contributed by atoms with Crippen molar-refractivity contribution in [3.63, 3.8) is 0 Å². The fraction of sp³-hybridized carbons (Fsp3) is 0.455. The molecule has 0 aliphatic carbocycles. The molecule has 140 valence electrons. The molecule has 2 aromatic heterocycles. The van der Waals surface area contributed by atoms with E-state index in [-0.39, 0.29) is 0 Å². The van der Waals surface area contributed by atoms with Crippen molar-refractivity contribution in [3.8, 4) is 11.3 Å². The molecule has 1 N–H and O–H groups in total. The molecule has 4 heteroatoms. The van der Waals surface area contributed by atoms with Crippen molar-refractivity contribution in [2.45, 2.75) is 47.5 Å². The summed E-state index contributed by atoms with van der Waals surface area (Å²) in [5.41, 5.74) is 9.23. The van der Waals surface area contributed by atoms with E-state index in [2.05, 4.69) is 70.7 Å². The van der Waals surface area contributed by atoms with Gasteiger partial charge in [0.05, 0.1) is 17.1 Å². The summed E-state index contributed by atoms with van der Waals surface area (Å²) in [6.07, 6.45) is 2.27. The highest BCUT2D eigenvalue weighted by Crippen LogP contribution is 2.35. The number of anilines is 1. The molecule has 0 saturated carbocycles. The molecule has 0 amide bonds. The molecule has 4 nitrogen and oxygen atoms in total. The standard InChI is InChI=1S/C21H27N3.CH4O/c1-7-24-11-10-14(4)21-19(24)12-15(5)20(23-21)17-8-9-18(13(2)3)22-16(17)6;1-2/h8-10,12-13H,7,11H2,1-6H3;2H,1H3. The van der Waals surface area contributed by atoms with Crippen LogP contribution in [0.25, 0.3) is 16.8 Å². The predicted octanol–water partition coefficient (Wildman–Crippen LogP) is 4.74. The summed E-state index contributed by atoms with van der Waals surface area (Å²) in [7, 11) is 1.00. The van der Waals surface area contributed by atoms with Crippen molar-refractivity contribution in [1.82, 2.24) is 9.97 Å². The molecule has 26 heavy (non-hydrogen) atoms. The van der Waals surface area contributed by atoms with E-state index in [9.17, 15) is 0 Å². The normalized spacial score (nSPS) is 13.1. The second-order valence-corrected chi connectivity index (χ2v) is 6.97. The molecule has 0 bridgehead atoms. The van der Waals surface area contributed by atoms with Crippen LogP contribution in [0.15, 0.2) is 24.3 Å². The molecule has 1 aliphatic heterocycles. The van der Waals surface area contributed by atoms with Gasteiger partial charge in [-0.15, -0.1) is 0 Å². The molecule has 3 rings (SSSR count). The van der Waals surface area contributed by atoms with E-state index in [4.69, 9.17) is 15.1 Å². The summed E-state index contributed by atoms with van der Waals surface area (Å²) in [6, 6.07) is 6.60. The maximum absolute atomic E-state index is 7.00. The average molecular weight is 354 g/mol. The SMILES string of the molecule is CCN1CC=C(C)c2nc(-c3ccc(C(C)C)nc3C)c(C)cc21.CO. The zero-order chi connectivity index (χ0) is 19.4. The van der Waals surface area contributed by atoms with Gasteiger partial charge in [-0.2, -0.15) is 0 Å². The molecule has 0 radical (unpaired) electrons. The van der Waals surface area contributed by atoms with Gasteiger partial charge >= 0.3 is 0 Å². The first-order chi connectivity index (χ1) is 12.4. The van der Waals surface area contributed by atoms with Crippen LogP contribution in [0.2, 0.25) is 0 Å². The lowest BCUT2D eigenvalue weighted by molar-refractivity contribution is 0.399. The minimum absolute atomic E-state index is 0.443. The number of fused-ring (bicyclic) bond motifs is 1. The molecule has 3 heterocycles. The summed E-state index contributed by atoms with van der Waals surface area (Å²) < 4.78 is 0. The van der Waals surface area contributed by atoms with Crippen LogP contribution in [0.3, 0.4) is 0 Å². The molecule has 0 aromatic carbocycles. The van der Waals surface area contributed by atoms with Gasteiger partial charge in [-0.3, -0.25) is 4.98 Å². The van der Waals surface area contributed by atoms with Crippen molar-refractivity contribution in [3.05, 3.63) is 46.9 Å². The summed E-state index contributed by atoms with van der Waals surface area (Å²) in [5.74, 6) is 0.443. The lowest BCUT2D eigenvalue weighted by Gasteiger charge is -2.29. The Kier molecular flexibility index (Phi) is 6.54. The maximum Gasteiger partial charge on any atom is 0.0897 e. The van der Waals surface area contributed by atoms with Gasteiger partial charge < -0.3 is 10.0 Å². The Labute approximate surface area is 157 Å². The molecule has 0 unspecified atom stereocenters. The maximum atomic E-state index is 7.00. The minimum atomic E-state index is 0.443. The third-order valence-electron chi connectivity index (χ3n) is 4.86. The van der Waals surface area contributed by atoms with E-state index >= 15 is 0 Å². The van der Waals surface area contributed by atoms with Gasteiger partial charge in [-0.25, -0.2) is 4.98 Å². The summed E-state index contributed by atoms with van der Waals surface area (Å²) in [6.45, 7) is 14.9. The van der Waals surface area contributed by atoms with Gasteiger partial charge in [0.25, 0.3) is 0 Å². The fourth-order valence-electron chi connectivity index (χ4n) is 3.30. The summed E-state index contributed by atoms with van der Waals surface area (Å²) in [4.78, 5) is 12.2. The molecule has 0 atom stereocenters. The van der Waals surface area contributed by atoms with Crippen molar-refractivity contribution in [2.24, 2.45) is 0 Å². The van der Waals surface area contributed by atoms with Crippen LogP contribution in [0.1, 0.15) is 56.3 Å². The number of aryl methyl sites for hydroxylation is 2. The highest BCUT2D eigenvalue weighted by atomic mass is 16.2. The third kappa shape index (κ3) is 3.80. The number of rotatable bonds is 3. The van der Waals surface area contributed by atoms with E-state index in [1.165, 1.54) is 16.8 Å². The van der Waals surface area contributed by atoms with Crippen molar-refractivity contribution in [1.29, 1.82) is 0 Å². The van der Waals surface area contributed by atoms with Gasteiger partial charge in [0.2, 0.25) is 0 Å². The van der Waals surface area contributed by atoms with Crippen LogP contribution in [0.5, 0.6) is 0 Å². The summed E-state index contributed by atoms with van der Waals surface area (Å²) in [5, 5.41) is 7.00.